The highest BCUT2D eigenvalue weighted by atomic mass is 16.4. The number of nitrogens with zero attached hydrogens (tertiary/aromatic N) is 4. The average molecular weight is 247 g/mol. The molecule has 0 saturated carbocycles. The largest absolute Gasteiger partial charge is 0.480 e. The van der Waals surface area contributed by atoms with Crippen molar-refractivity contribution in [1.29, 1.82) is 0 Å². The van der Waals surface area contributed by atoms with Crippen LogP contribution in [0.3, 0.4) is 0 Å². The van der Waals surface area contributed by atoms with Gasteiger partial charge in [0.25, 0.3) is 5.91 Å². The summed E-state index contributed by atoms with van der Waals surface area (Å²) in [4.78, 5) is 21.8. The summed E-state index contributed by atoms with van der Waals surface area (Å²) in [5.41, 5.74) is 1.07. The summed E-state index contributed by atoms with van der Waals surface area (Å²) in [5.74, 6) is -1.53. The van der Waals surface area contributed by atoms with E-state index in [9.17, 15) is 9.59 Å². The highest BCUT2D eigenvalue weighted by Gasteiger charge is 2.07. The third-order valence-corrected chi connectivity index (χ3v) is 2.14. The quantitative estimate of drug-likeness (QED) is 0.752. The minimum Gasteiger partial charge on any atom is -0.480 e. The van der Waals surface area contributed by atoms with E-state index in [1.54, 1.807) is 24.3 Å². The molecule has 92 valence electrons. The molecular formula is C10H9N5O3. The molecular weight excluding hydrogens is 238 g/mol. The molecule has 2 N–H and O–H groups in total. The summed E-state index contributed by atoms with van der Waals surface area (Å²) >= 11 is 0. The molecule has 2 aromatic rings. The van der Waals surface area contributed by atoms with Crippen LogP contribution in [-0.4, -0.2) is 43.7 Å². The number of aliphatic carboxylic acids is 1. The third-order valence-electron chi connectivity index (χ3n) is 2.14. The molecule has 2 rings (SSSR count). The van der Waals surface area contributed by atoms with E-state index in [1.807, 2.05) is 0 Å². The zero-order valence-electron chi connectivity index (χ0n) is 9.15. The Morgan fingerprint density at radius 3 is 2.56 bits per heavy atom. The zero-order valence-corrected chi connectivity index (χ0v) is 9.15. The molecule has 0 radical (unpaired) electrons. The Morgan fingerprint density at radius 1 is 1.28 bits per heavy atom. The smallest absolute Gasteiger partial charge is 0.322 e. The van der Waals surface area contributed by atoms with Crippen LogP contribution < -0.4 is 5.32 Å². The highest BCUT2D eigenvalue weighted by molar-refractivity contribution is 5.95. The van der Waals surface area contributed by atoms with Crippen molar-refractivity contribution in [3.8, 4) is 5.69 Å². The van der Waals surface area contributed by atoms with E-state index < -0.39 is 18.4 Å². The molecule has 0 aliphatic carbocycles. The van der Waals surface area contributed by atoms with Crippen molar-refractivity contribution < 1.29 is 14.7 Å². The van der Waals surface area contributed by atoms with Crippen LogP contribution in [0.1, 0.15) is 10.4 Å². The van der Waals surface area contributed by atoms with E-state index in [4.69, 9.17) is 5.11 Å². The molecule has 1 amide bonds. The van der Waals surface area contributed by atoms with E-state index in [1.165, 1.54) is 11.0 Å². The third kappa shape index (κ3) is 2.67. The van der Waals surface area contributed by atoms with E-state index in [2.05, 4.69) is 20.8 Å². The Hall–Kier alpha value is -2.77. The first-order valence-corrected chi connectivity index (χ1v) is 5.00. The molecule has 8 nitrogen and oxygen atoms in total. The second-order valence-electron chi connectivity index (χ2n) is 3.38. The fourth-order valence-corrected chi connectivity index (χ4v) is 1.30. The summed E-state index contributed by atoms with van der Waals surface area (Å²) in [6.45, 7) is -0.409. The maximum Gasteiger partial charge on any atom is 0.322 e. The van der Waals surface area contributed by atoms with Gasteiger partial charge in [-0.1, -0.05) is 0 Å². The van der Waals surface area contributed by atoms with E-state index in [-0.39, 0.29) is 0 Å². The lowest BCUT2D eigenvalue weighted by molar-refractivity contribution is -0.135. The van der Waals surface area contributed by atoms with Crippen molar-refractivity contribution in [3.05, 3.63) is 36.2 Å². The summed E-state index contributed by atoms with van der Waals surface area (Å²) in [6.07, 6.45) is 1.43. The van der Waals surface area contributed by atoms with Gasteiger partial charge >= 0.3 is 5.97 Å². The topological polar surface area (TPSA) is 110 Å². The van der Waals surface area contributed by atoms with Crippen LogP contribution in [0.15, 0.2) is 30.6 Å². The number of nitrogens with one attached hydrogen (secondary N) is 1. The van der Waals surface area contributed by atoms with Gasteiger partial charge in [-0.05, 0) is 34.7 Å². The minimum atomic E-state index is -1.09. The first kappa shape index (κ1) is 11.7. The Kier molecular flexibility index (Phi) is 3.28. The number of carbonyl (C=O) groups is 2. The predicted octanol–water partition coefficient (Wildman–Crippen LogP) is -0.523. The number of benzene rings is 1. The number of carbonyl (C=O) groups excluding carboxylic acids is 1. The molecule has 0 bridgehead atoms. The highest BCUT2D eigenvalue weighted by Crippen LogP contribution is 2.07. The van der Waals surface area contributed by atoms with Crippen molar-refractivity contribution in [1.82, 2.24) is 25.5 Å². The van der Waals surface area contributed by atoms with Crippen LogP contribution >= 0.6 is 0 Å². The molecule has 0 fully saturated rings. The van der Waals surface area contributed by atoms with Gasteiger partial charge in [-0.2, -0.15) is 0 Å². The number of hydrogen-bond acceptors (Lipinski definition) is 5. The molecule has 1 aromatic heterocycles. The molecule has 0 atom stereocenters. The summed E-state index contributed by atoms with van der Waals surface area (Å²) < 4.78 is 1.44. The fourth-order valence-electron chi connectivity index (χ4n) is 1.30. The maximum absolute atomic E-state index is 11.5. The molecule has 0 spiro atoms. The van der Waals surface area contributed by atoms with E-state index in [0.717, 1.165) is 0 Å². The Balaban J connectivity index is 2.08. The van der Waals surface area contributed by atoms with E-state index >= 15 is 0 Å². The van der Waals surface area contributed by atoms with Gasteiger partial charge in [0.2, 0.25) is 0 Å². The summed E-state index contributed by atoms with van der Waals surface area (Å²) in [6, 6.07) is 6.44. The van der Waals surface area contributed by atoms with Gasteiger partial charge in [0.05, 0.1) is 5.69 Å². The van der Waals surface area contributed by atoms with Gasteiger partial charge in [-0.25, -0.2) is 4.68 Å². The molecule has 0 saturated heterocycles. The van der Waals surface area contributed by atoms with Crippen molar-refractivity contribution in [2.45, 2.75) is 0 Å². The van der Waals surface area contributed by atoms with Crippen LogP contribution in [0.4, 0.5) is 0 Å². The van der Waals surface area contributed by atoms with Crippen LogP contribution in [0.2, 0.25) is 0 Å². The first-order chi connectivity index (χ1) is 8.66. The normalized spacial score (nSPS) is 10.0. The van der Waals surface area contributed by atoms with Gasteiger partial charge < -0.3 is 10.4 Å². The van der Waals surface area contributed by atoms with Crippen molar-refractivity contribution in [2.24, 2.45) is 0 Å². The lowest BCUT2D eigenvalue weighted by Crippen LogP contribution is -2.29. The van der Waals surface area contributed by atoms with Crippen LogP contribution in [0.5, 0.6) is 0 Å². The molecule has 0 aliphatic heterocycles. The molecule has 0 unspecified atom stereocenters. The lowest BCUT2D eigenvalue weighted by Gasteiger charge is -2.03. The zero-order chi connectivity index (χ0) is 13.0. The SMILES string of the molecule is O=C(O)CNC(=O)c1ccc(-n2cnnn2)cc1. The lowest BCUT2D eigenvalue weighted by atomic mass is 10.2. The summed E-state index contributed by atoms with van der Waals surface area (Å²) in [5, 5.41) is 21.4. The average Bonchev–Trinajstić information content (AvgIpc) is 2.90. The predicted molar refractivity (Wildman–Crippen MR) is 59.1 cm³/mol. The van der Waals surface area contributed by atoms with Gasteiger partial charge in [0, 0.05) is 5.56 Å². The second-order valence-corrected chi connectivity index (χ2v) is 3.38. The minimum absolute atomic E-state index is 0.369. The number of rotatable bonds is 4. The molecule has 1 aromatic carbocycles. The maximum atomic E-state index is 11.5. The summed E-state index contributed by atoms with van der Waals surface area (Å²) in [7, 11) is 0. The first-order valence-electron chi connectivity index (χ1n) is 5.00. The van der Waals surface area contributed by atoms with Crippen molar-refractivity contribution in [3.63, 3.8) is 0 Å². The number of tetrazole rings is 1. The molecule has 1 heterocycles. The standard InChI is InChI=1S/C10H9N5O3/c16-9(17)5-11-10(18)7-1-3-8(4-2-7)15-6-12-13-14-15/h1-4,6H,5H2,(H,11,18)(H,16,17). The Labute approximate surface area is 101 Å². The number of carboxylic acids is 1. The van der Waals surface area contributed by atoms with Gasteiger partial charge in [0.1, 0.15) is 12.9 Å². The second kappa shape index (κ2) is 5.04. The van der Waals surface area contributed by atoms with Crippen LogP contribution in [-0.2, 0) is 4.79 Å². The number of carboxylic acid groups (broad SMARTS) is 1. The number of amides is 1. The molecule has 0 aliphatic rings. The molecule has 18 heavy (non-hydrogen) atoms. The van der Waals surface area contributed by atoms with Crippen molar-refractivity contribution >= 4 is 11.9 Å². The monoisotopic (exact) mass is 247 g/mol. The van der Waals surface area contributed by atoms with Crippen molar-refractivity contribution in [2.75, 3.05) is 6.54 Å². The Bertz CT molecular complexity index is 549. The fraction of sp³-hybridized carbons (Fsp3) is 0.100. The van der Waals surface area contributed by atoms with E-state index in [0.29, 0.717) is 11.3 Å². The van der Waals surface area contributed by atoms with Gasteiger partial charge in [0.15, 0.2) is 0 Å². The van der Waals surface area contributed by atoms with Gasteiger partial charge in [-0.15, -0.1) is 5.10 Å². The molecule has 8 heteroatoms. The van der Waals surface area contributed by atoms with Crippen LogP contribution in [0, 0.1) is 0 Å². The Morgan fingerprint density at radius 2 is 2.00 bits per heavy atom. The number of hydrogen-bond donors (Lipinski definition) is 2. The van der Waals surface area contributed by atoms with Crippen LogP contribution in [0.25, 0.3) is 5.69 Å². The van der Waals surface area contributed by atoms with Gasteiger partial charge in [-0.3, -0.25) is 9.59 Å². The number of aromatic nitrogens is 4.